The Morgan fingerprint density at radius 1 is 1.06 bits per heavy atom. The van der Waals surface area contributed by atoms with Crippen molar-refractivity contribution in [2.45, 2.75) is 64.2 Å². The first kappa shape index (κ1) is 23.2. The van der Waals surface area contributed by atoms with Crippen molar-refractivity contribution in [3.8, 4) is 5.75 Å². The SMILES string of the molecule is COc1ccc2[nH]c(=O)c(CN(Cc3nnnn3CCc3ccccc3)C3CCCCC3)cc2c1. The van der Waals surface area contributed by atoms with E-state index in [1.807, 2.05) is 35.0 Å². The fourth-order valence-corrected chi connectivity index (χ4v) is 5.02. The van der Waals surface area contributed by atoms with Crippen molar-refractivity contribution in [3.63, 3.8) is 0 Å². The van der Waals surface area contributed by atoms with Crippen molar-refractivity contribution in [1.29, 1.82) is 0 Å². The Labute approximate surface area is 204 Å². The summed E-state index contributed by atoms with van der Waals surface area (Å²) in [5.41, 5.74) is 2.77. The van der Waals surface area contributed by atoms with Crippen molar-refractivity contribution in [1.82, 2.24) is 30.1 Å². The van der Waals surface area contributed by atoms with E-state index in [4.69, 9.17) is 4.74 Å². The molecule has 0 atom stereocenters. The van der Waals surface area contributed by atoms with Gasteiger partial charge in [0.15, 0.2) is 5.82 Å². The van der Waals surface area contributed by atoms with Gasteiger partial charge in [0, 0.05) is 35.6 Å². The van der Waals surface area contributed by atoms with Crippen LogP contribution in [0.3, 0.4) is 0 Å². The molecule has 1 N–H and O–H groups in total. The lowest BCUT2D eigenvalue weighted by Crippen LogP contribution is -2.38. The van der Waals surface area contributed by atoms with Crippen LogP contribution < -0.4 is 10.3 Å². The van der Waals surface area contributed by atoms with Gasteiger partial charge in [-0.2, -0.15) is 0 Å². The highest BCUT2D eigenvalue weighted by Crippen LogP contribution is 2.26. The third-order valence-electron chi connectivity index (χ3n) is 7.00. The number of H-pyrrole nitrogens is 1. The van der Waals surface area contributed by atoms with Gasteiger partial charge in [-0.3, -0.25) is 9.69 Å². The minimum atomic E-state index is -0.0489. The second-order valence-corrected chi connectivity index (χ2v) is 9.33. The smallest absolute Gasteiger partial charge is 0.252 e. The van der Waals surface area contributed by atoms with Crippen LogP contribution in [0.25, 0.3) is 10.9 Å². The molecule has 1 aliphatic carbocycles. The van der Waals surface area contributed by atoms with E-state index in [1.54, 1.807) is 7.11 Å². The van der Waals surface area contributed by atoms with Crippen LogP contribution in [-0.2, 0) is 26.1 Å². The summed E-state index contributed by atoms with van der Waals surface area (Å²) >= 11 is 0. The summed E-state index contributed by atoms with van der Waals surface area (Å²) in [7, 11) is 1.65. The maximum Gasteiger partial charge on any atom is 0.252 e. The zero-order valence-electron chi connectivity index (χ0n) is 20.2. The summed E-state index contributed by atoms with van der Waals surface area (Å²) in [6, 6.07) is 18.5. The number of nitrogens with one attached hydrogen (secondary N) is 1. The second kappa shape index (κ2) is 10.8. The molecule has 1 aliphatic rings. The predicted octanol–water partition coefficient (Wildman–Crippen LogP) is 4.10. The van der Waals surface area contributed by atoms with E-state index in [0.29, 0.717) is 19.1 Å². The van der Waals surface area contributed by atoms with E-state index < -0.39 is 0 Å². The first-order chi connectivity index (χ1) is 17.2. The lowest BCUT2D eigenvalue weighted by Gasteiger charge is -2.33. The molecule has 0 bridgehead atoms. The number of nitrogens with zero attached hydrogens (tertiary/aromatic N) is 5. The van der Waals surface area contributed by atoms with Gasteiger partial charge in [-0.15, -0.1) is 5.10 Å². The van der Waals surface area contributed by atoms with Crippen molar-refractivity contribution in [2.24, 2.45) is 0 Å². The minimum absolute atomic E-state index is 0.0489. The molecule has 2 aromatic carbocycles. The van der Waals surface area contributed by atoms with Gasteiger partial charge in [0.1, 0.15) is 5.75 Å². The van der Waals surface area contributed by atoms with Gasteiger partial charge < -0.3 is 9.72 Å². The summed E-state index contributed by atoms with van der Waals surface area (Å²) in [4.78, 5) is 18.4. The second-order valence-electron chi connectivity index (χ2n) is 9.33. The van der Waals surface area contributed by atoms with E-state index in [1.165, 1.54) is 24.8 Å². The zero-order chi connectivity index (χ0) is 24.0. The molecule has 182 valence electrons. The maximum atomic E-state index is 13.0. The molecule has 8 heteroatoms. The van der Waals surface area contributed by atoms with Crippen molar-refractivity contribution >= 4 is 10.9 Å². The van der Waals surface area contributed by atoms with E-state index in [2.05, 4.69) is 49.7 Å². The Bertz CT molecular complexity index is 1310. The standard InChI is InChI=1S/C27H32N6O2/c1-35-24-12-13-25-21(17-24)16-22(27(34)28-25)18-32(23-10-6-3-7-11-23)19-26-29-30-31-33(26)15-14-20-8-4-2-5-9-20/h2,4-5,8-9,12-13,16-17,23H,3,6-7,10-11,14-15,18-19H2,1H3,(H,28,34). The van der Waals surface area contributed by atoms with E-state index in [9.17, 15) is 4.79 Å². The molecule has 4 aromatic rings. The van der Waals surface area contributed by atoms with Crippen molar-refractivity contribution in [2.75, 3.05) is 7.11 Å². The van der Waals surface area contributed by atoms with Crippen LogP contribution in [0, 0.1) is 0 Å². The molecular weight excluding hydrogens is 440 g/mol. The Hall–Kier alpha value is -3.52. The normalized spacial score (nSPS) is 14.6. The Kier molecular flexibility index (Phi) is 7.18. The first-order valence-corrected chi connectivity index (χ1v) is 12.4. The lowest BCUT2D eigenvalue weighted by atomic mass is 9.93. The Balaban J connectivity index is 1.39. The summed E-state index contributed by atoms with van der Waals surface area (Å²) in [5.74, 6) is 1.61. The summed E-state index contributed by atoms with van der Waals surface area (Å²) < 4.78 is 7.28. The van der Waals surface area contributed by atoms with Crippen LogP contribution in [0.4, 0.5) is 0 Å². The minimum Gasteiger partial charge on any atom is -0.497 e. The summed E-state index contributed by atoms with van der Waals surface area (Å²) in [5, 5.41) is 13.6. The number of rotatable bonds is 9. The molecule has 0 saturated heterocycles. The average molecular weight is 473 g/mol. The van der Waals surface area contributed by atoms with Crippen LogP contribution in [0.5, 0.6) is 5.75 Å². The number of benzene rings is 2. The molecule has 0 unspecified atom stereocenters. The number of hydrogen-bond acceptors (Lipinski definition) is 6. The van der Waals surface area contributed by atoms with Crippen LogP contribution in [0.1, 0.15) is 49.1 Å². The topological polar surface area (TPSA) is 88.9 Å². The van der Waals surface area contributed by atoms with Gasteiger partial charge in [0.2, 0.25) is 0 Å². The number of aromatic nitrogens is 5. The van der Waals surface area contributed by atoms with Gasteiger partial charge >= 0.3 is 0 Å². The fraction of sp³-hybridized carbons (Fsp3) is 0.407. The third-order valence-corrected chi connectivity index (χ3v) is 7.00. The molecule has 0 aliphatic heterocycles. The van der Waals surface area contributed by atoms with Gasteiger partial charge in [-0.05, 0) is 59.5 Å². The summed E-state index contributed by atoms with van der Waals surface area (Å²) in [6.45, 7) is 1.89. The largest absolute Gasteiger partial charge is 0.497 e. The number of methoxy groups -OCH3 is 1. The molecule has 2 aromatic heterocycles. The monoisotopic (exact) mass is 472 g/mol. The lowest BCUT2D eigenvalue weighted by molar-refractivity contribution is 0.133. The molecule has 8 nitrogen and oxygen atoms in total. The Morgan fingerprint density at radius 3 is 2.69 bits per heavy atom. The number of tetrazole rings is 1. The molecule has 0 radical (unpaired) electrons. The van der Waals surface area contributed by atoms with Gasteiger partial charge in [-0.1, -0.05) is 49.6 Å². The van der Waals surface area contributed by atoms with Gasteiger partial charge in [0.25, 0.3) is 5.56 Å². The van der Waals surface area contributed by atoms with Crippen molar-refractivity contribution < 1.29 is 4.74 Å². The fourth-order valence-electron chi connectivity index (χ4n) is 5.02. The van der Waals surface area contributed by atoms with E-state index in [0.717, 1.165) is 53.8 Å². The van der Waals surface area contributed by atoms with Gasteiger partial charge in [0.05, 0.1) is 13.7 Å². The van der Waals surface area contributed by atoms with Crippen LogP contribution >= 0.6 is 0 Å². The molecule has 5 rings (SSSR count). The quantitative estimate of drug-likeness (QED) is 0.395. The van der Waals surface area contributed by atoms with E-state index >= 15 is 0 Å². The number of pyridine rings is 1. The molecule has 1 fully saturated rings. The van der Waals surface area contributed by atoms with Gasteiger partial charge in [-0.25, -0.2) is 4.68 Å². The molecule has 0 amide bonds. The number of ether oxygens (including phenoxy) is 1. The number of hydrogen-bond donors (Lipinski definition) is 1. The maximum absolute atomic E-state index is 13.0. The molecule has 0 spiro atoms. The number of aryl methyl sites for hydroxylation is 2. The van der Waals surface area contributed by atoms with Crippen molar-refractivity contribution in [3.05, 3.63) is 81.9 Å². The first-order valence-electron chi connectivity index (χ1n) is 12.4. The van der Waals surface area contributed by atoms with Crippen LogP contribution in [-0.4, -0.2) is 43.2 Å². The molecule has 2 heterocycles. The number of fused-ring (bicyclic) bond motifs is 1. The molecular formula is C27H32N6O2. The predicted molar refractivity (Wildman–Crippen MR) is 135 cm³/mol. The highest BCUT2D eigenvalue weighted by atomic mass is 16.5. The number of aromatic amines is 1. The Morgan fingerprint density at radius 2 is 1.89 bits per heavy atom. The highest BCUT2D eigenvalue weighted by molar-refractivity contribution is 5.80. The third kappa shape index (κ3) is 5.59. The average Bonchev–Trinajstić information content (AvgIpc) is 3.35. The van der Waals surface area contributed by atoms with E-state index in [-0.39, 0.29) is 5.56 Å². The summed E-state index contributed by atoms with van der Waals surface area (Å²) in [6.07, 6.45) is 6.83. The highest BCUT2D eigenvalue weighted by Gasteiger charge is 2.24. The van der Waals surface area contributed by atoms with Crippen LogP contribution in [0.2, 0.25) is 0 Å². The van der Waals surface area contributed by atoms with Crippen LogP contribution in [0.15, 0.2) is 59.4 Å². The zero-order valence-corrected chi connectivity index (χ0v) is 20.2. The molecule has 1 saturated carbocycles. The molecule has 35 heavy (non-hydrogen) atoms.